The molecule has 2 aromatic carbocycles. The van der Waals surface area contributed by atoms with Crippen LogP contribution in [0.2, 0.25) is 6.55 Å². The van der Waals surface area contributed by atoms with Crippen LogP contribution in [0.3, 0.4) is 0 Å². The lowest BCUT2D eigenvalue weighted by Gasteiger charge is -2.43. The molecule has 1 aliphatic carbocycles. The molecule has 9 nitrogen and oxygen atoms in total. The Morgan fingerprint density at radius 3 is 2.42 bits per heavy atom. The van der Waals surface area contributed by atoms with E-state index in [4.69, 9.17) is 4.74 Å². The number of hydrogen-bond acceptors (Lipinski definition) is 7. The highest BCUT2D eigenvalue weighted by atomic mass is 32.2. The number of fused-ring (bicyclic) bond motifs is 2. The zero-order chi connectivity index (χ0) is 34.8. The number of benzene rings is 2. The van der Waals surface area contributed by atoms with Crippen LogP contribution >= 0.6 is 0 Å². The van der Waals surface area contributed by atoms with E-state index < -0.39 is 67.9 Å². The molecule has 2 saturated heterocycles. The second-order valence-electron chi connectivity index (χ2n) is 12.6. The maximum Gasteiger partial charge on any atom is 0.361 e. The van der Waals surface area contributed by atoms with E-state index in [2.05, 4.69) is 6.58 Å². The molecular formula is C33H31F4N3O6SSi. The molecule has 48 heavy (non-hydrogen) atoms. The van der Waals surface area contributed by atoms with Gasteiger partial charge in [-0.3, -0.25) is 9.59 Å². The van der Waals surface area contributed by atoms with Gasteiger partial charge in [0.25, 0.3) is 18.3 Å². The molecule has 2 fully saturated rings. The van der Waals surface area contributed by atoms with E-state index in [-0.39, 0.29) is 24.3 Å². The Kier molecular flexibility index (Phi) is 8.15. The van der Waals surface area contributed by atoms with E-state index in [9.17, 15) is 40.1 Å². The summed E-state index contributed by atoms with van der Waals surface area (Å²) in [5.74, 6) is -6.96. The molecule has 0 saturated carbocycles. The summed E-state index contributed by atoms with van der Waals surface area (Å²) < 4.78 is 96.3. The molecule has 0 spiro atoms. The van der Waals surface area contributed by atoms with E-state index in [1.807, 2.05) is 24.4 Å². The summed E-state index contributed by atoms with van der Waals surface area (Å²) in [4.78, 5) is 27.8. The maximum atomic E-state index is 13.9. The Morgan fingerprint density at radius 2 is 1.81 bits per heavy atom. The van der Waals surface area contributed by atoms with Crippen LogP contribution in [0, 0.1) is 0 Å². The molecule has 0 radical (unpaired) electrons. The topological polar surface area (TPSA) is 110 Å². The van der Waals surface area contributed by atoms with Crippen LogP contribution in [0.15, 0.2) is 77.7 Å². The third-order valence-corrected chi connectivity index (χ3v) is 13.8. The first kappa shape index (κ1) is 33.6. The number of rotatable bonds is 9. The van der Waals surface area contributed by atoms with Crippen molar-refractivity contribution in [2.75, 3.05) is 50.4 Å². The van der Waals surface area contributed by atoms with Crippen molar-refractivity contribution in [3.63, 3.8) is 0 Å². The molecular weight excluding hydrogens is 671 g/mol. The van der Waals surface area contributed by atoms with Gasteiger partial charge in [0, 0.05) is 37.0 Å². The quantitative estimate of drug-likeness (QED) is 0.130. The van der Waals surface area contributed by atoms with Crippen molar-refractivity contribution in [1.29, 1.82) is 0 Å². The van der Waals surface area contributed by atoms with Crippen molar-refractivity contribution in [3.05, 3.63) is 94.4 Å². The SMILES string of the molecule is C=C[Si]1(C)C2=CC(=[N+]3CC(F)(F)C3)C=CC2=C(c2cc(OC=O)ccc2C(=O)N(C)CCS(=O)(=O)[O-])c2ccc(N3CC(F)(F)C3)cc21. The highest BCUT2D eigenvalue weighted by Crippen LogP contribution is 2.45. The maximum absolute atomic E-state index is 13.9. The average molecular weight is 702 g/mol. The summed E-state index contributed by atoms with van der Waals surface area (Å²) in [7, 11) is -6.20. The molecule has 252 valence electrons. The summed E-state index contributed by atoms with van der Waals surface area (Å²) in [6.45, 7) is 4.22. The number of hydrogen-bond donors (Lipinski definition) is 0. The van der Waals surface area contributed by atoms with Gasteiger partial charge in [-0.25, -0.2) is 21.8 Å². The number of ether oxygens (including phenoxy) is 1. The fourth-order valence-electron chi connectivity index (χ4n) is 6.54. The van der Waals surface area contributed by atoms with Crippen molar-refractivity contribution >= 4 is 52.7 Å². The smallest absolute Gasteiger partial charge is 0.361 e. The number of allylic oxidation sites excluding steroid dienone is 5. The third kappa shape index (κ3) is 6.05. The second kappa shape index (κ2) is 11.7. The Bertz CT molecular complexity index is 1990. The highest BCUT2D eigenvalue weighted by Gasteiger charge is 2.52. The minimum Gasteiger partial charge on any atom is -0.748 e. The van der Waals surface area contributed by atoms with E-state index in [1.165, 1.54) is 25.2 Å². The number of carbonyl (C=O) groups excluding carboxylic acids is 2. The van der Waals surface area contributed by atoms with Gasteiger partial charge in [0.05, 0.1) is 29.0 Å². The van der Waals surface area contributed by atoms with E-state index >= 15 is 0 Å². The average Bonchev–Trinajstić information content (AvgIpc) is 3.00. The first-order valence-electron chi connectivity index (χ1n) is 14.9. The monoisotopic (exact) mass is 701 g/mol. The molecule has 6 rings (SSSR count). The largest absolute Gasteiger partial charge is 0.748 e. The summed E-state index contributed by atoms with van der Waals surface area (Å²) in [6.07, 6.45) is 5.34. The molecule has 2 aromatic rings. The number of alkyl halides is 4. The molecule has 0 bridgehead atoms. The Hall–Kier alpha value is -4.34. The molecule has 4 aliphatic rings. The number of carbonyl (C=O) groups is 2. The van der Waals surface area contributed by atoms with Crippen LogP contribution in [-0.4, -0.2) is 106 Å². The van der Waals surface area contributed by atoms with Crippen molar-refractivity contribution in [1.82, 2.24) is 4.90 Å². The molecule has 1 atom stereocenters. The Morgan fingerprint density at radius 1 is 1.10 bits per heavy atom. The highest BCUT2D eigenvalue weighted by molar-refractivity contribution is 7.85. The van der Waals surface area contributed by atoms with Gasteiger partial charge in [-0.05, 0) is 69.1 Å². The number of nitrogens with zero attached hydrogens (tertiary/aromatic N) is 3. The summed E-state index contributed by atoms with van der Waals surface area (Å²) in [5.41, 5.74) is 5.23. The van der Waals surface area contributed by atoms with Crippen LogP contribution in [0.5, 0.6) is 5.75 Å². The zero-order valence-corrected chi connectivity index (χ0v) is 27.8. The van der Waals surface area contributed by atoms with Gasteiger partial charge in [-0.2, -0.15) is 8.78 Å². The summed E-state index contributed by atoms with van der Waals surface area (Å²) in [5, 5.41) is 1.56. The third-order valence-electron chi connectivity index (χ3n) is 9.19. The van der Waals surface area contributed by atoms with Crippen LogP contribution in [0.1, 0.15) is 21.5 Å². The fraction of sp³-hybridized carbons (Fsp3) is 0.303. The minimum atomic E-state index is -4.62. The summed E-state index contributed by atoms with van der Waals surface area (Å²) in [6, 6.07) is 9.66. The van der Waals surface area contributed by atoms with Gasteiger partial charge in [0.2, 0.25) is 13.1 Å². The van der Waals surface area contributed by atoms with Crippen molar-refractivity contribution in [2.45, 2.75) is 18.4 Å². The predicted octanol–water partition coefficient (Wildman–Crippen LogP) is 3.26. The lowest BCUT2D eigenvalue weighted by atomic mass is 9.86. The molecule has 3 aliphatic heterocycles. The van der Waals surface area contributed by atoms with Gasteiger partial charge < -0.3 is 19.1 Å². The first-order valence-corrected chi connectivity index (χ1v) is 19.1. The molecule has 1 unspecified atom stereocenters. The Balaban J connectivity index is 1.59. The van der Waals surface area contributed by atoms with Gasteiger partial charge in [0.15, 0.2) is 5.71 Å². The van der Waals surface area contributed by atoms with Crippen LogP contribution in [0.4, 0.5) is 23.2 Å². The van der Waals surface area contributed by atoms with Gasteiger partial charge in [-0.1, -0.05) is 18.3 Å². The lowest BCUT2D eigenvalue weighted by Crippen LogP contribution is -2.57. The number of anilines is 1. The molecule has 0 aromatic heterocycles. The van der Waals surface area contributed by atoms with Crippen molar-refractivity contribution in [3.8, 4) is 5.75 Å². The van der Waals surface area contributed by atoms with E-state index in [0.29, 0.717) is 33.7 Å². The molecule has 0 N–H and O–H groups in total. The van der Waals surface area contributed by atoms with Crippen LogP contribution < -0.4 is 14.8 Å². The minimum absolute atomic E-state index is 0.102. The van der Waals surface area contributed by atoms with Crippen LogP contribution in [-0.2, 0) is 14.9 Å². The standard InChI is InChI=1S/C33H31F4N3O6SSi/c1-4-48(3)28-13-21(39-16-32(34,35)17-39)5-8-25(28)30(26-9-6-22(14-29(26)48)40-18-33(36,37)19-40)27-15-23(46-20-41)7-10-24(27)31(42)38(2)11-12-47(43,44)45/h4-10,13-15,20H,1,11-12,16-19H2,2-3H3. The summed E-state index contributed by atoms with van der Waals surface area (Å²) >= 11 is 0. The van der Waals surface area contributed by atoms with Gasteiger partial charge in [0.1, 0.15) is 13.8 Å². The Labute approximate surface area is 275 Å². The van der Waals surface area contributed by atoms with Crippen LogP contribution in [0.25, 0.3) is 5.57 Å². The molecule has 1 amide bonds. The fourth-order valence-corrected chi connectivity index (χ4v) is 10.2. The van der Waals surface area contributed by atoms with Crippen molar-refractivity contribution < 1.29 is 49.4 Å². The molecule has 15 heteroatoms. The first-order chi connectivity index (χ1) is 22.4. The van der Waals surface area contributed by atoms with E-state index in [0.717, 1.165) is 15.3 Å². The van der Waals surface area contributed by atoms with Crippen molar-refractivity contribution in [2.24, 2.45) is 0 Å². The predicted molar refractivity (Wildman–Crippen MR) is 173 cm³/mol. The normalized spacial score (nSPS) is 22.1. The van der Waals surface area contributed by atoms with E-state index in [1.54, 1.807) is 33.8 Å². The number of amides is 1. The lowest BCUT2D eigenvalue weighted by molar-refractivity contribution is -0.638. The zero-order valence-electron chi connectivity index (χ0n) is 26.0. The second-order valence-corrected chi connectivity index (χ2v) is 18.0. The van der Waals surface area contributed by atoms with Gasteiger partial charge in [-0.15, -0.1) is 6.58 Å². The van der Waals surface area contributed by atoms with Gasteiger partial charge >= 0.3 is 5.92 Å². The number of halogens is 4. The molecule has 3 heterocycles.